The zero-order valence-electron chi connectivity index (χ0n) is 16.0. The highest BCUT2D eigenvalue weighted by Gasteiger charge is 2.27. The zero-order chi connectivity index (χ0) is 18.7. The van der Waals surface area contributed by atoms with Gasteiger partial charge in [0.25, 0.3) is 5.69 Å². The summed E-state index contributed by atoms with van der Waals surface area (Å²) in [5.74, 6) is 2.10. The Morgan fingerprint density at radius 1 is 0.926 bits per heavy atom. The third-order valence-corrected chi connectivity index (χ3v) is 5.39. The molecule has 0 unspecified atom stereocenters. The van der Waals surface area contributed by atoms with Crippen LogP contribution in [0, 0.1) is 0 Å². The summed E-state index contributed by atoms with van der Waals surface area (Å²) in [4.78, 5) is 4.80. The Morgan fingerprint density at radius 2 is 1.70 bits per heavy atom. The Morgan fingerprint density at radius 3 is 2.48 bits per heavy atom. The van der Waals surface area contributed by atoms with Crippen molar-refractivity contribution < 1.29 is 9.13 Å². The predicted molar refractivity (Wildman–Crippen MR) is 104 cm³/mol. The lowest BCUT2D eigenvalue weighted by Crippen LogP contribution is -2.40. The number of aryl methyl sites for hydroxylation is 3. The normalized spacial score (nSPS) is 11.7. The first-order valence-electron chi connectivity index (χ1n) is 8.99. The lowest BCUT2D eigenvalue weighted by molar-refractivity contribution is -0.685. The molecule has 0 aliphatic heterocycles. The number of nitrogens with zero attached hydrogens (tertiary/aromatic N) is 6. The maximum atomic E-state index is 4.80. The molecule has 0 radical (unpaired) electrons. The number of hydrogen-bond acceptors (Lipinski definition) is 1. The molecular formula is C21H22N6+2. The van der Waals surface area contributed by atoms with Gasteiger partial charge in [0.15, 0.2) is 0 Å². The second-order valence-corrected chi connectivity index (χ2v) is 7.04. The summed E-state index contributed by atoms with van der Waals surface area (Å²) in [6.45, 7) is 0. The van der Waals surface area contributed by atoms with Gasteiger partial charge in [0.05, 0.1) is 25.1 Å². The lowest BCUT2D eigenvalue weighted by Gasteiger charge is -2.04. The van der Waals surface area contributed by atoms with Gasteiger partial charge in [-0.25, -0.2) is 14.1 Å². The summed E-state index contributed by atoms with van der Waals surface area (Å²) >= 11 is 0. The van der Waals surface area contributed by atoms with E-state index in [2.05, 4.69) is 106 Å². The molecule has 4 heterocycles. The van der Waals surface area contributed by atoms with Crippen molar-refractivity contribution in [2.45, 2.75) is 0 Å². The van der Waals surface area contributed by atoms with Gasteiger partial charge in [0, 0.05) is 25.4 Å². The maximum absolute atomic E-state index is 4.80. The molecule has 0 spiro atoms. The number of benzene rings is 1. The standard InChI is InChI=1S/C21H22N6/c1-23-12-13-24(2)20(23)18-11-7-10-17(25(18)3)19-14-27-16-9-6-5-8-15(16)22-21(27)26(19)4/h5-14H,1-4H3/q+2. The second-order valence-electron chi connectivity index (χ2n) is 7.04. The van der Waals surface area contributed by atoms with E-state index in [0.717, 1.165) is 39.7 Å². The van der Waals surface area contributed by atoms with E-state index in [-0.39, 0.29) is 0 Å². The SMILES string of the molecule is Cn1cc[n+](C)c1-c1cccc(-c2cn3c4ccccc4nc3n2C)[n+]1C. The monoisotopic (exact) mass is 358 g/mol. The molecule has 134 valence electrons. The van der Waals surface area contributed by atoms with Crippen LogP contribution in [0.15, 0.2) is 61.1 Å². The zero-order valence-corrected chi connectivity index (χ0v) is 16.0. The van der Waals surface area contributed by atoms with Crippen LogP contribution in [0.25, 0.3) is 39.7 Å². The molecule has 6 heteroatoms. The molecule has 6 nitrogen and oxygen atoms in total. The van der Waals surface area contributed by atoms with Crippen molar-refractivity contribution in [3.05, 3.63) is 61.1 Å². The fourth-order valence-electron chi connectivity index (χ4n) is 3.97. The van der Waals surface area contributed by atoms with Gasteiger partial charge in [-0.3, -0.25) is 4.40 Å². The summed E-state index contributed by atoms with van der Waals surface area (Å²) in [6.07, 6.45) is 6.32. The molecule has 5 rings (SSSR count). The first-order valence-corrected chi connectivity index (χ1v) is 8.99. The molecule has 0 amide bonds. The van der Waals surface area contributed by atoms with E-state index in [9.17, 15) is 0 Å². The van der Waals surface area contributed by atoms with Crippen molar-refractivity contribution in [3.63, 3.8) is 0 Å². The largest absolute Gasteiger partial charge is 0.354 e. The summed E-state index contributed by atoms with van der Waals surface area (Å²) in [6, 6.07) is 14.7. The van der Waals surface area contributed by atoms with E-state index < -0.39 is 0 Å². The molecule has 1 aromatic carbocycles. The minimum atomic E-state index is 0.945. The Kier molecular flexibility index (Phi) is 3.25. The molecule has 0 saturated carbocycles. The number of fused-ring (bicyclic) bond motifs is 3. The Labute approximate surface area is 157 Å². The average molecular weight is 358 g/mol. The van der Waals surface area contributed by atoms with Crippen molar-refractivity contribution in [2.24, 2.45) is 28.2 Å². The summed E-state index contributed by atoms with van der Waals surface area (Å²) < 4.78 is 10.9. The molecule has 0 aliphatic rings. The molecule has 0 bridgehead atoms. The minimum Gasteiger partial charge on any atom is -0.308 e. The maximum Gasteiger partial charge on any atom is 0.354 e. The third kappa shape index (κ3) is 2.16. The number of aromatic nitrogens is 6. The van der Waals surface area contributed by atoms with E-state index in [0.29, 0.717) is 0 Å². The average Bonchev–Trinajstić information content (AvgIpc) is 3.29. The van der Waals surface area contributed by atoms with Gasteiger partial charge in [-0.05, 0) is 18.2 Å². The number of para-hydroxylation sites is 2. The van der Waals surface area contributed by atoms with Gasteiger partial charge < -0.3 is 4.57 Å². The van der Waals surface area contributed by atoms with Crippen LogP contribution in [0.4, 0.5) is 0 Å². The Bertz CT molecular complexity index is 1300. The van der Waals surface area contributed by atoms with Crippen molar-refractivity contribution in [1.82, 2.24) is 18.5 Å². The fraction of sp³-hybridized carbons (Fsp3) is 0.190. The van der Waals surface area contributed by atoms with Gasteiger partial charge in [0.2, 0.25) is 11.5 Å². The van der Waals surface area contributed by atoms with Crippen LogP contribution >= 0.6 is 0 Å². The Hall–Kier alpha value is -3.41. The van der Waals surface area contributed by atoms with Gasteiger partial charge in [0.1, 0.15) is 25.1 Å². The van der Waals surface area contributed by atoms with Gasteiger partial charge in [-0.2, -0.15) is 4.57 Å². The molecule has 0 saturated heterocycles. The van der Waals surface area contributed by atoms with Gasteiger partial charge >= 0.3 is 5.82 Å². The Balaban J connectivity index is 1.76. The lowest BCUT2D eigenvalue weighted by atomic mass is 10.2. The molecule has 0 fully saturated rings. The summed E-state index contributed by atoms with van der Waals surface area (Å²) in [7, 11) is 8.34. The van der Waals surface area contributed by atoms with Crippen molar-refractivity contribution in [2.75, 3.05) is 0 Å². The molecule has 0 atom stereocenters. The molecule has 4 aromatic heterocycles. The van der Waals surface area contributed by atoms with Crippen molar-refractivity contribution in [3.8, 4) is 22.9 Å². The van der Waals surface area contributed by atoms with Crippen molar-refractivity contribution >= 4 is 16.8 Å². The number of imidazole rings is 3. The van der Waals surface area contributed by atoms with Crippen LogP contribution in [0.1, 0.15) is 0 Å². The third-order valence-electron chi connectivity index (χ3n) is 5.39. The van der Waals surface area contributed by atoms with E-state index in [4.69, 9.17) is 4.98 Å². The minimum absolute atomic E-state index is 0.945. The highest BCUT2D eigenvalue weighted by Crippen LogP contribution is 2.24. The molecule has 27 heavy (non-hydrogen) atoms. The first kappa shape index (κ1) is 15.8. The van der Waals surface area contributed by atoms with Gasteiger partial charge in [-0.15, -0.1) is 0 Å². The van der Waals surface area contributed by atoms with Crippen molar-refractivity contribution in [1.29, 1.82) is 0 Å². The number of hydrogen-bond donors (Lipinski definition) is 0. The van der Waals surface area contributed by atoms with Crippen LogP contribution < -0.4 is 9.13 Å². The van der Waals surface area contributed by atoms with Crippen LogP contribution in [-0.2, 0) is 28.2 Å². The van der Waals surface area contributed by atoms with E-state index >= 15 is 0 Å². The molecule has 0 N–H and O–H groups in total. The topological polar surface area (TPSA) is 34.9 Å². The highest BCUT2D eigenvalue weighted by atomic mass is 15.2. The van der Waals surface area contributed by atoms with E-state index in [1.165, 1.54) is 0 Å². The molecule has 0 aliphatic carbocycles. The second kappa shape index (κ2) is 5.54. The van der Waals surface area contributed by atoms with Gasteiger partial charge in [-0.1, -0.05) is 12.1 Å². The predicted octanol–water partition coefficient (Wildman–Crippen LogP) is 2.15. The van der Waals surface area contributed by atoms with E-state index in [1.807, 2.05) is 6.07 Å². The quantitative estimate of drug-likeness (QED) is 0.445. The fourth-order valence-corrected chi connectivity index (χ4v) is 3.97. The van der Waals surface area contributed by atoms with Crippen LogP contribution in [0.5, 0.6) is 0 Å². The van der Waals surface area contributed by atoms with Crippen LogP contribution in [-0.4, -0.2) is 18.5 Å². The van der Waals surface area contributed by atoms with Crippen LogP contribution in [0.3, 0.4) is 0 Å². The molecular weight excluding hydrogens is 336 g/mol. The molecule has 5 aromatic rings. The summed E-state index contributed by atoms with van der Waals surface area (Å²) in [5, 5.41) is 0. The highest BCUT2D eigenvalue weighted by molar-refractivity contribution is 5.81. The van der Waals surface area contributed by atoms with E-state index in [1.54, 1.807) is 0 Å². The van der Waals surface area contributed by atoms with Crippen LogP contribution in [0.2, 0.25) is 0 Å². The smallest absolute Gasteiger partial charge is 0.308 e. The number of pyridine rings is 1. The summed E-state index contributed by atoms with van der Waals surface area (Å²) in [5.41, 5.74) is 5.58. The first-order chi connectivity index (χ1) is 13.1. The number of rotatable bonds is 2.